The monoisotopic (exact) mass is 244 g/mol. The van der Waals surface area contributed by atoms with Gasteiger partial charge < -0.3 is 4.57 Å². The Morgan fingerprint density at radius 2 is 1.89 bits per heavy atom. The SMILES string of the molecule is CC(C)n1cnnc1-c1cccc(C(C)(C)C)n1. The average molecular weight is 244 g/mol. The Morgan fingerprint density at radius 1 is 1.17 bits per heavy atom. The fourth-order valence-electron chi connectivity index (χ4n) is 1.78. The summed E-state index contributed by atoms with van der Waals surface area (Å²) in [5.74, 6) is 0.830. The first-order valence-corrected chi connectivity index (χ1v) is 6.27. The lowest BCUT2D eigenvalue weighted by atomic mass is 9.91. The molecule has 2 aromatic rings. The van der Waals surface area contributed by atoms with Gasteiger partial charge in [0.15, 0.2) is 5.82 Å². The van der Waals surface area contributed by atoms with Gasteiger partial charge in [0, 0.05) is 17.2 Å². The van der Waals surface area contributed by atoms with Gasteiger partial charge in [-0.1, -0.05) is 26.8 Å². The van der Waals surface area contributed by atoms with E-state index >= 15 is 0 Å². The highest BCUT2D eigenvalue weighted by Crippen LogP contribution is 2.24. The summed E-state index contributed by atoms with van der Waals surface area (Å²) >= 11 is 0. The van der Waals surface area contributed by atoms with E-state index < -0.39 is 0 Å². The molecular weight excluding hydrogens is 224 g/mol. The quantitative estimate of drug-likeness (QED) is 0.814. The summed E-state index contributed by atoms with van der Waals surface area (Å²) in [6.45, 7) is 10.7. The van der Waals surface area contributed by atoms with Crippen LogP contribution >= 0.6 is 0 Å². The minimum absolute atomic E-state index is 0.0404. The average Bonchev–Trinajstić information content (AvgIpc) is 2.77. The molecule has 0 saturated heterocycles. The van der Waals surface area contributed by atoms with Crippen LogP contribution in [-0.4, -0.2) is 19.7 Å². The molecule has 4 nitrogen and oxygen atoms in total. The maximum absolute atomic E-state index is 4.71. The van der Waals surface area contributed by atoms with Gasteiger partial charge in [0.25, 0.3) is 0 Å². The lowest BCUT2D eigenvalue weighted by molar-refractivity contribution is 0.567. The van der Waals surface area contributed by atoms with Crippen molar-refractivity contribution in [3.63, 3.8) is 0 Å². The molecule has 4 heteroatoms. The molecule has 0 saturated carbocycles. The minimum Gasteiger partial charge on any atom is -0.310 e. The molecule has 0 N–H and O–H groups in total. The van der Waals surface area contributed by atoms with Gasteiger partial charge in [0.1, 0.15) is 12.0 Å². The van der Waals surface area contributed by atoms with Crippen molar-refractivity contribution in [1.29, 1.82) is 0 Å². The third kappa shape index (κ3) is 2.42. The molecule has 0 aliphatic heterocycles. The van der Waals surface area contributed by atoms with Gasteiger partial charge >= 0.3 is 0 Å². The Bertz CT molecular complexity index is 535. The first-order valence-electron chi connectivity index (χ1n) is 6.27. The van der Waals surface area contributed by atoms with Crippen molar-refractivity contribution in [2.24, 2.45) is 0 Å². The Morgan fingerprint density at radius 3 is 2.50 bits per heavy atom. The van der Waals surface area contributed by atoms with Crippen molar-refractivity contribution >= 4 is 0 Å². The Hall–Kier alpha value is -1.71. The van der Waals surface area contributed by atoms with E-state index in [1.807, 2.05) is 16.7 Å². The number of rotatable bonds is 2. The van der Waals surface area contributed by atoms with Crippen LogP contribution in [0.15, 0.2) is 24.5 Å². The van der Waals surface area contributed by atoms with Crippen LogP contribution in [-0.2, 0) is 5.41 Å². The van der Waals surface area contributed by atoms with E-state index in [0.717, 1.165) is 17.2 Å². The van der Waals surface area contributed by atoms with Gasteiger partial charge in [-0.25, -0.2) is 4.98 Å². The second-order valence-electron chi connectivity index (χ2n) is 5.81. The molecule has 0 spiro atoms. The summed E-state index contributed by atoms with van der Waals surface area (Å²) in [5, 5.41) is 8.17. The van der Waals surface area contributed by atoms with E-state index in [0.29, 0.717) is 6.04 Å². The zero-order chi connectivity index (χ0) is 13.3. The minimum atomic E-state index is 0.0404. The predicted octanol–water partition coefficient (Wildman–Crippen LogP) is 3.22. The predicted molar refractivity (Wildman–Crippen MR) is 72.3 cm³/mol. The van der Waals surface area contributed by atoms with Crippen LogP contribution < -0.4 is 0 Å². The highest BCUT2D eigenvalue weighted by Gasteiger charge is 2.17. The van der Waals surface area contributed by atoms with E-state index in [1.165, 1.54) is 0 Å². The molecule has 2 aromatic heterocycles. The molecule has 0 amide bonds. The van der Waals surface area contributed by atoms with Crippen molar-refractivity contribution in [3.05, 3.63) is 30.2 Å². The Balaban J connectivity index is 2.48. The highest BCUT2D eigenvalue weighted by atomic mass is 15.3. The number of pyridine rings is 1. The summed E-state index contributed by atoms with van der Waals surface area (Å²) in [5.41, 5.74) is 1.99. The third-order valence-electron chi connectivity index (χ3n) is 2.88. The molecule has 0 unspecified atom stereocenters. The van der Waals surface area contributed by atoms with Crippen molar-refractivity contribution in [3.8, 4) is 11.5 Å². The van der Waals surface area contributed by atoms with Crippen molar-refractivity contribution in [1.82, 2.24) is 19.7 Å². The summed E-state index contributed by atoms with van der Waals surface area (Å²) in [6, 6.07) is 6.40. The lowest BCUT2D eigenvalue weighted by Crippen LogP contribution is -2.14. The molecule has 0 fully saturated rings. The smallest absolute Gasteiger partial charge is 0.182 e. The Kier molecular flexibility index (Phi) is 3.20. The second kappa shape index (κ2) is 4.52. The molecule has 0 aromatic carbocycles. The van der Waals surface area contributed by atoms with Crippen LogP contribution in [0.5, 0.6) is 0 Å². The van der Waals surface area contributed by atoms with Crippen LogP contribution in [0.1, 0.15) is 46.4 Å². The second-order valence-corrected chi connectivity index (χ2v) is 5.81. The number of hydrogen-bond acceptors (Lipinski definition) is 3. The molecule has 0 bridgehead atoms. The van der Waals surface area contributed by atoms with Gasteiger partial charge in [0.05, 0.1) is 0 Å². The maximum atomic E-state index is 4.71. The van der Waals surface area contributed by atoms with E-state index in [1.54, 1.807) is 6.33 Å². The van der Waals surface area contributed by atoms with E-state index in [4.69, 9.17) is 4.98 Å². The molecule has 2 heterocycles. The largest absolute Gasteiger partial charge is 0.310 e. The van der Waals surface area contributed by atoms with Crippen LogP contribution in [0, 0.1) is 0 Å². The third-order valence-corrected chi connectivity index (χ3v) is 2.88. The first-order chi connectivity index (χ1) is 8.39. The maximum Gasteiger partial charge on any atom is 0.182 e. The number of aromatic nitrogens is 4. The fourth-order valence-corrected chi connectivity index (χ4v) is 1.78. The van der Waals surface area contributed by atoms with Gasteiger partial charge in [-0.05, 0) is 26.0 Å². The summed E-state index contributed by atoms with van der Waals surface area (Å²) in [7, 11) is 0. The van der Waals surface area contributed by atoms with Gasteiger partial charge in [-0.15, -0.1) is 10.2 Å². The number of hydrogen-bond donors (Lipinski definition) is 0. The zero-order valence-electron chi connectivity index (χ0n) is 11.7. The molecule has 0 radical (unpaired) electrons. The first kappa shape index (κ1) is 12.7. The van der Waals surface area contributed by atoms with Crippen LogP contribution in [0.3, 0.4) is 0 Å². The molecule has 0 aliphatic rings. The van der Waals surface area contributed by atoms with Crippen LogP contribution in [0.2, 0.25) is 0 Å². The van der Waals surface area contributed by atoms with Crippen LogP contribution in [0.25, 0.3) is 11.5 Å². The fraction of sp³-hybridized carbons (Fsp3) is 0.500. The van der Waals surface area contributed by atoms with Gasteiger partial charge in [-0.2, -0.15) is 0 Å². The molecular formula is C14H20N4. The topological polar surface area (TPSA) is 43.6 Å². The van der Waals surface area contributed by atoms with Crippen LogP contribution in [0.4, 0.5) is 0 Å². The van der Waals surface area contributed by atoms with E-state index in [-0.39, 0.29) is 5.41 Å². The van der Waals surface area contributed by atoms with E-state index in [2.05, 4.69) is 50.9 Å². The molecule has 96 valence electrons. The van der Waals surface area contributed by atoms with Gasteiger partial charge in [0.2, 0.25) is 0 Å². The zero-order valence-corrected chi connectivity index (χ0v) is 11.7. The standard InChI is InChI=1S/C14H20N4/c1-10(2)18-9-15-17-13(18)11-7-6-8-12(16-11)14(3,4)5/h6-10H,1-5H3. The Labute approximate surface area is 108 Å². The summed E-state index contributed by atoms with van der Waals surface area (Å²) < 4.78 is 2.04. The molecule has 2 rings (SSSR count). The lowest BCUT2D eigenvalue weighted by Gasteiger charge is -2.18. The normalized spacial score (nSPS) is 12.1. The molecule has 18 heavy (non-hydrogen) atoms. The van der Waals surface area contributed by atoms with Crippen molar-refractivity contribution in [2.45, 2.75) is 46.1 Å². The van der Waals surface area contributed by atoms with E-state index in [9.17, 15) is 0 Å². The summed E-state index contributed by atoms with van der Waals surface area (Å²) in [6.07, 6.45) is 1.76. The highest BCUT2D eigenvalue weighted by molar-refractivity contribution is 5.49. The van der Waals surface area contributed by atoms with Crippen molar-refractivity contribution in [2.75, 3.05) is 0 Å². The molecule has 0 atom stereocenters. The summed E-state index contributed by atoms with van der Waals surface area (Å²) in [4.78, 5) is 4.71. The molecule has 0 aliphatic carbocycles. The van der Waals surface area contributed by atoms with Gasteiger partial charge in [-0.3, -0.25) is 0 Å². The number of nitrogens with zero attached hydrogens (tertiary/aromatic N) is 4. The van der Waals surface area contributed by atoms with Crippen molar-refractivity contribution < 1.29 is 0 Å².